The molecule has 8 heteroatoms. The van der Waals surface area contributed by atoms with Crippen LogP contribution < -0.4 is 11.0 Å². The van der Waals surface area contributed by atoms with Crippen LogP contribution in [-0.4, -0.2) is 43.5 Å². The third-order valence-corrected chi connectivity index (χ3v) is 5.79. The van der Waals surface area contributed by atoms with Crippen LogP contribution in [0.3, 0.4) is 0 Å². The molecule has 0 radical (unpaired) electrons. The van der Waals surface area contributed by atoms with Crippen molar-refractivity contribution in [2.24, 2.45) is 5.92 Å². The highest BCUT2D eigenvalue weighted by Crippen LogP contribution is 2.25. The second-order valence-electron chi connectivity index (χ2n) is 8.69. The van der Waals surface area contributed by atoms with E-state index in [4.69, 9.17) is 0 Å². The first-order valence-electron chi connectivity index (χ1n) is 11.1. The van der Waals surface area contributed by atoms with Gasteiger partial charge in [0.25, 0.3) is 0 Å². The van der Waals surface area contributed by atoms with Crippen molar-refractivity contribution in [1.29, 1.82) is 0 Å². The van der Waals surface area contributed by atoms with Gasteiger partial charge in [0, 0.05) is 38.7 Å². The number of carbonyl (C=O) groups excluding carboxylic acids is 2. The predicted molar refractivity (Wildman–Crippen MR) is 121 cm³/mol. The van der Waals surface area contributed by atoms with Crippen molar-refractivity contribution < 1.29 is 9.59 Å². The summed E-state index contributed by atoms with van der Waals surface area (Å²) in [5.74, 6) is 0.0805. The fourth-order valence-corrected chi connectivity index (χ4v) is 4.16. The predicted octanol–water partition coefficient (Wildman–Crippen LogP) is 2.00. The zero-order valence-corrected chi connectivity index (χ0v) is 18.5. The van der Waals surface area contributed by atoms with Gasteiger partial charge in [-0.15, -0.1) is 5.10 Å². The minimum absolute atomic E-state index is 0.00547. The summed E-state index contributed by atoms with van der Waals surface area (Å²) in [6, 6.07) is 12.9. The lowest BCUT2D eigenvalue weighted by molar-refractivity contribution is -0.142. The second-order valence-corrected chi connectivity index (χ2v) is 8.69. The molecule has 8 nitrogen and oxygen atoms in total. The number of pyridine rings is 1. The summed E-state index contributed by atoms with van der Waals surface area (Å²) in [4.78, 5) is 40.0. The van der Waals surface area contributed by atoms with Crippen LogP contribution >= 0.6 is 0 Å². The molecule has 0 bridgehead atoms. The van der Waals surface area contributed by atoms with Gasteiger partial charge < -0.3 is 10.2 Å². The standard InChI is InChI=1S/C24H29N5O3/c1-17(2)14-22(30)28-16-19-9-4-3-8-18(19)15-20(28)23(31)25-11-7-13-29-24(32)27-12-6-5-10-21(27)26-29/h3-6,8-10,12,17,20H,7,11,13-16H2,1-2H3,(H,25,31). The minimum atomic E-state index is -0.519. The van der Waals surface area contributed by atoms with E-state index in [1.165, 1.54) is 9.08 Å². The molecule has 0 saturated heterocycles. The average molecular weight is 436 g/mol. The molecule has 2 aromatic heterocycles. The molecular weight excluding hydrogens is 406 g/mol. The van der Waals surface area contributed by atoms with Crippen LogP contribution in [0.15, 0.2) is 53.5 Å². The maximum atomic E-state index is 13.0. The quantitative estimate of drug-likeness (QED) is 0.575. The number of hydrogen-bond donors (Lipinski definition) is 1. The van der Waals surface area contributed by atoms with Gasteiger partial charge in [0.1, 0.15) is 6.04 Å². The molecule has 1 N–H and O–H groups in total. The van der Waals surface area contributed by atoms with Gasteiger partial charge in [-0.05, 0) is 35.6 Å². The van der Waals surface area contributed by atoms with E-state index in [2.05, 4.69) is 10.4 Å². The normalized spacial score (nSPS) is 15.7. The topological polar surface area (TPSA) is 88.7 Å². The van der Waals surface area contributed by atoms with E-state index < -0.39 is 6.04 Å². The Hall–Kier alpha value is -3.42. The first-order chi connectivity index (χ1) is 15.4. The van der Waals surface area contributed by atoms with Crippen LogP contribution in [-0.2, 0) is 29.1 Å². The van der Waals surface area contributed by atoms with Crippen LogP contribution in [0.2, 0.25) is 0 Å². The van der Waals surface area contributed by atoms with E-state index in [9.17, 15) is 14.4 Å². The molecule has 0 aliphatic carbocycles. The number of carbonyl (C=O) groups is 2. The van der Waals surface area contributed by atoms with E-state index in [0.717, 1.165) is 11.1 Å². The van der Waals surface area contributed by atoms with Crippen molar-refractivity contribution in [3.8, 4) is 0 Å². The van der Waals surface area contributed by atoms with Crippen LogP contribution in [0.25, 0.3) is 5.65 Å². The Bertz CT molecular complexity index is 1180. The molecule has 2 amide bonds. The fraction of sp³-hybridized carbons (Fsp3) is 0.417. The summed E-state index contributed by atoms with van der Waals surface area (Å²) in [6.45, 7) is 5.28. The third kappa shape index (κ3) is 4.59. The van der Waals surface area contributed by atoms with Crippen molar-refractivity contribution >= 4 is 17.5 Å². The molecule has 0 saturated carbocycles. The molecule has 3 aromatic rings. The zero-order valence-electron chi connectivity index (χ0n) is 18.5. The average Bonchev–Trinajstić information content (AvgIpc) is 3.11. The van der Waals surface area contributed by atoms with Gasteiger partial charge in [0.15, 0.2) is 5.65 Å². The molecule has 0 spiro atoms. The lowest BCUT2D eigenvalue weighted by Crippen LogP contribution is -2.53. The number of aromatic nitrogens is 3. The number of benzene rings is 1. The first kappa shape index (κ1) is 21.8. The summed E-state index contributed by atoms with van der Waals surface area (Å²) in [6.07, 6.45) is 3.19. The van der Waals surface area contributed by atoms with Gasteiger partial charge in [-0.3, -0.25) is 14.0 Å². The summed E-state index contributed by atoms with van der Waals surface area (Å²) in [7, 11) is 0. The van der Waals surface area contributed by atoms with Crippen molar-refractivity contribution in [2.45, 2.75) is 52.2 Å². The van der Waals surface area contributed by atoms with E-state index in [1.807, 2.05) is 44.2 Å². The van der Waals surface area contributed by atoms with Crippen LogP contribution in [0.4, 0.5) is 0 Å². The van der Waals surface area contributed by atoms with Gasteiger partial charge in [-0.1, -0.05) is 44.2 Å². The molecular formula is C24H29N5O3. The number of nitrogens with zero attached hydrogens (tertiary/aromatic N) is 4. The van der Waals surface area contributed by atoms with Gasteiger partial charge >= 0.3 is 5.69 Å². The Labute approximate surface area is 186 Å². The second kappa shape index (κ2) is 9.38. The van der Waals surface area contributed by atoms with E-state index in [-0.39, 0.29) is 23.4 Å². The number of nitrogens with one attached hydrogen (secondary N) is 1. The Morgan fingerprint density at radius 1 is 1.12 bits per heavy atom. The maximum Gasteiger partial charge on any atom is 0.350 e. The first-order valence-corrected chi connectivity index (χ1v) is 11.1. The number of rotatable bonds is 7. The molecule has 0 fully saturated rings. The van der Waals surface area contributed by atoms with Crippen molar-refractivity contribution in [2.75, 3.05) is 6.54 Å². The highest BCUT2D eigenvalue weighted by molar-refractivity contribution is 5.88. The number of amides is 2. The van der Waals surface area contributed by atoms with Gasteiger partial charge in [0.05, 0.1) is 0 Å². The van der Waals surface area contributed by atoms with E-state index in [1.54, 1.807) is 23.2 Å². The smallest absolute Gasteiger partial charge is 0.350 e. The largest absolute Gasteiger partial charge is 0.354 e. The van der Waals surface area contributed by atoms with E-state index in [0.29, 0.717) is 44.5 Å². The summed E-state index contributed by atoms with van der Waals surface area (Å²) >= 11 is 0. The Balaban J connectivity index is 1.39. The highest BCUT2D eigenvalue weighted by atomic mass is 16.2. The molecule has 3 heterocycles. The molecule has 1 atom stereocenters. The highest BCUT2D eigenvalue weighted by Gasteiger charge is 2.34. The fourth-order valence-electron chi connectivity index (χ4n) is 4.16. The molecule has 1 aromatic carbocycles. The zero-order chi connectivity index (χ0) is 22.7. The molecule has 1 aliphatic heterocycles. The lowest BCUT2D eigenvalue weighted by Gasteiger charge is -2.36. The molecule has 168 valence electrons. The molecule has 1 aliphatic rings. The minimum Gasteiger partial charge on any atom is -0.354 e. The lowest BCUT2D eigenvalue weighted by atomic mass is 9.92. The van der Waals surface area contributed by atoms with Crippen molar-refractivity contribution in [3.05, 3.63) is 70.3 Å². The maximum absolute atomic E-state index is 13.0. The Morgan fingerprint density at radius 2 is 1.88 bits per heavy atom. The summed E-state index contributed by atoms with van der Waals surface area (Å²) in [5.41, 5.74) is 2.61. The summed E-state index contributed by atoms with van der Waals surface area (Å²) < 4.78 is 2.91. The SMILES string of the molecule is CC(C)CC(=O)N1Cc2ccccc2CC1C(=O)NCCCn1nc2ccccn2c1=O. The number of hydrogen-bond acceptors (Lipinski definition) is 4. The Kier molecular flexibility index (Phi) is 6.39. The number of aryl methyl sites for hydroxylation is 1. The van der Waals surface area contributed by atoms with Gasteiger partial charge in [0.2, 0.25) is 11.8 Å². The molecule has 32 heavy (non-hydrogen) atoms. The number of fused-ring (bicyclic) bond motifs is 2. The van der Waals surface area contributed by atoms with Gasteiger partial charge in [-0.2, -0.15) is 0 Å². The Morgan fingerprint density at radius 3 is 2.62 bits per heavy atom. The summed E-state index contributed by atoms with van der Waals surface area (Å²) in [5, 5.41) is 7.27. The van der Waals surface area contributed by atoms with E-state index >= 15 is 0 Å². The molecule has 1 unspecified atom stereocenters. The molecule has 4 rings (SSSR count). The van der Waals surface area contributed by atoms with Crippen LogP contribution in [0.5, 0.6) is 0 Å². The van der Waals surface area contributed by atoms with Crippen LogP contribution in [0, 0.1) is 5.92 Å². The van der Waals surface area contributed by atoms with Crippen molar-refractivity contribution in [3.63, 3.8) is 0 Å². The monoisotopic (exact) mass is 435 g/mol. The van der Waals surface area contributed by atoms with Crippen molar-refractivity contribution in [1.82, 2.24) is 24.4 Å². The van der Waals surface area contributed by atoms with Gasteiger partial charge in [-0.25, -0.2) is 9.48 Å². The third-order valence-electron chi connectivity index (χ3n) is 5.79. The van der Waals surface area contributed by atoms with Crippen LogP contribution in [0.1, 0.15) is 37.8 Å².